The second kappa shape index (κ2) is 11.7. The topological polar surface area (TPSA) is 42.0 Å². The fraction of sp³-hybridized carbons (Fsp3) is 0.696. The first kappa shape index (κ1) is 25.3. The summed E-state index contributed by atoms with van der Waals surface area (Å²) in [5.41, 5.74) is 1.24. The van der Waals surface area contributed by atoms with Gasteiger partial charge in [0.25, 0.3) is 0 Å². The lowest BCUT2D eigenvalue weighted by molar-refractivity contribution is -0.186. The number of benzene rings is 1. The van der Waals surface area contributed by atoms with Crippen LogP contribution >= 0.6 is 15.9 Å². The van der Waals surface area contributed by atoms with Crippen LogP contribution in [0.3, 0.4) is 0 Å². The largest absolute Gasteiger partial charge is 0.491 e. The van der Waals surface area contributed by atoms with Crippen molar-refractivity contribution in [3.05, 3.63) is 28.2 Å². The molecule has 2 heterocycles. The molecule has 32 heavy (non-hydrogen) atoms. The molecule has 1 aromatic carbocycles. The maximum Gasteiger partial charge on any atom is 0.471 e. The molecule has 0 spiro atoms. The van der Waals surface area contributed by atoms with Crippen LogP contribution in [-0.4, -0.2) is 74.9 Å². The second-order valence-electron chi connectivity index (χ2n) is 8.78. The first-order valence-electron chi connectivity index (χ1n) is 11.2. The van der Waals surface area contributed by atoms with E-state index >= 15 is 0 Å². The van der Waals surface area contributed by atoms with Gasteiger partial charge in [-0.05, 0) is 80.8 Å². The number of likely N-dealkylation sites (tertiary alicyclic amines) is 2. The number of carbonyl (C=O) groups excluding carboxylic acids is 1. The maximum atomic E-state index is 12.6. The minimum absolute atomic E-state index is 0.211. The van der Waals surface area contributed by atoms with Crippen LogP contribution in [0.15, 0.2) is 22.7 Å². The summed E-state index contributed by atoms with van der Waals surface area (Å²) in [5, 5.41) is 0. The molecule has 2 aliphatic heterocycles. The molecule has 0 aliphatic carbocycles. The van der Waals surface area contributed by atoms with Gasteiger partial charge in [0.2, 0.25) is 0 Å². The lowest BCUT2D eigenvalue weighted by Crippen LogP contribution is -2.45. The second-order valence-corrected chi connectivity index (χ2v) is 9.63. The molecule has 1 atom stereocenters. The summed E-state index contributed by atoms with van der Waals surface area (Å²) in [6, 6.07) is 6.08. The van der Waals surface area contributed by atoms with Gasteiger partial charge in [-0.2, -0.15) is 13.2 Å². The third-order valence-corrected chi connectivity index (χ3v) is 7.22. The number of alkyl halides is 3. The van der Waals surface area contributed by atoms with Crippen LogP contribution in [0.4, 0.5) is 13.2 Å². The monoisotopic (exact) mass is 520 g/mol. The lowest BCUT2D eigenvalue weighted by atomic mass is 9.93. The zero-order chi connectivity index (χ0) is 23.1. The minimum atomic E-state index is -4.76. The summed E-state index contributed by atoms with van der Waals surface area (Å²) in [7, 11) is 1.65. The number of methoxy groups -OCH3 is 1. The van der Waals surface area contributed by atoms with Crippen molar-refractivity contribution in [2.75, 3.05) is 53.0 Å². The number of carbonyl (C=O) groups is 1. The van der Waals surface area contributed by atoms with E-state index in [-0.39, 0.29) is 13.1 Å². The van der Waals surface area contributed by atoms with Crippen LogP contribution in [-0.2, 0) is 16.0 Å². The third-order valence-electron chi connectivity index (χ3n) is 6.45. The zero-order valence-corrected chi connectivity index (χ0v) is 20.1. The van der Waals surface area contributed by atoms with Crippen molar-refractivity contribution in [1.29, 1.82) is 0 Å². The highest BCUT2D eigenvalue weighted by atomic mass is 79.9. The molecule has 3 rings (SSSR count). The Labute approximate surface area is 196 Å². The van der Waals surface area contributed by atoms with Crippen LogP contribution in [0.25, 0.3) is 0 Å². The van der Waals surface area contributed by atoms with Crippen LogP contribution in [0.1, 0.15) is 31.2 Å². The molecule has 5 nitrogen and oxygen atoms in total. The summed E-state index contributed by atoms with van der Waals surface area (Å²) in [4.78, 5) is 14.8. The normalized spacial score (nSPS) is 20.7. The van der Waals surface area contributed by atoms with Crippen LogP contribution in [0, 0.1) is 11.8 Å². The Morgan fingerprint density at radius 3 is 2.53 bits per heavy atom. The predicted molar refractivity (Wildman–Crippen MR) is 120 cm³/mol. The van der Waals surface area contributed by atoms with Crippen molar-refractivity contribution < 1.29 is 27.4 Å². The van der Waals surface area contributed by atoms with Gasteiger partial charge in [-0.3, -0.25) is 4.79 Å². The molecule has 1 amide bonds. The first-order chi connectivity index (χ1) is 15.3. The van der Waals surface area contributed by atoms with Gasteiger partial charge in [0.15, 0.2) is 0 Å². The molecule has 1 unspecified atom stereocenters. The van der Waals surface area contributed by atoms with Gasteiger partial charge < -0.3 is 19.3 Å². The van der Waals surface area contributed by atoms with Gasteiger partial charge in [-0.1, -0.05) is 15.9 Å². The Bertz CT molecular complexity index is 754. The highest BCUT2D eigenvalue weighted by Crippen LogP contribution is 2.30. The number of halogens is 4. The molecule has 0 aromatic heterocycles. The highest BCUT2D eigenvalue weighted by Gasteiger charge is 2.43. The zero-order valence-electron chi connectivity index (χ0n) is 18.5. The Morgan fingerprint density at radius 2 is 1.84 bits per heavy atom. The first-order valence-corrected chi connectivity index (χ1v) is 12.0. The molecule has 9 heteroatoms. The fourth-order valence-electron chi connectivity index (χ4n) is 4.60. The summed E-state index contributed by atoms with van der Waals surface area (Å²) in [6.07, 6.45) is -0.352. The molecule has 0 bridgehead atoms. The van der Waals surface area contributed by atoms with Gasteiger partial charge in [-0.25, -0.2) is 0 Å². The predicted octanol–water partition coefficient (Wildman–Crippen LogP) is 4.53. The molecule has 2 saturated heterocycles. The Hall–Kier alpha value is -1.32. The molecule has 1 aromatic rings. The van der Waals surface area contributed by atoms with Crippen molar-refractivity contribution in [3.8, 4) is 5.75 Å². The summed E-state index contributed by atoms with van der Waals surface area (Å²) >= 11 is 3.65. The van der Waals surface area contributed by atoms with Crippen molar-refractivity contribution >= 4 is 21.8 Å². The summed E-state index contributed by atoms with van der Waals surface area (Å²) in [6.45, 7) is 4.56. The fourth-order valence-corrected chi connectivity index (χ4v) is 5.01. The molecule has 0 N–H and O–H groups in total. The molecule has 180 valence electrons. The number of amides is 1. The summed E-state index contributed by atoms with van der Waals surface area (Å²) in [5.74, 6) is 0.122. The number of piperidine rings is 1. The van der Waals surface area contributed by atoms with Gasteiger partial charge >= 0.3 is 12.1 Å². The van der Waals surface area contributed by atoms with Gasteiger partial charge in [-0.15, -0.1) is 0 Å². The van der Waals surface area contributed by atoms with E-state index in [0.717, 1.165) is 54.0 Å². The molecule has 2 aliphatic rings. The standard InChI is InChI=1S/C23H32BrF3N2O3/c1-31-12-13-32-20-2-3-21(24)19(15-20)14-18-5-9-28(16-18)8-4-17-6-10-29(11-7-17)22(30)23(25,26)27/h2-3,15,17-18H,4-14,16H2,1H3. The van der Waals surface area contributed by atoms with Gasteiger partial charge in [0.05, 0.1) is 6.61 Å². The Kier molecular flexibility index (Phi) is 9.25. The van der Waals surface area contributed by atoms with E-state index in [1.807, 2.05) is 12.1 Å². The van der Waals surface area contributed by atoms with E-state index in [0.29, 0.717) is 37.9 Å². The number of hydrogen-bond donors (Lipinski definition) is 0. The lowest BCUT2D eigenvalue weighted by Gasteiger charge is -2.33. The van der Waals surface area contributed by atoms with Crippen LogP contribution in [0.5, 0.6) is 5.75 Å². The van der Waals surface area contributed by atoms with Crippen LogP contribution in [0.2, 0.25) is 0 Å². The van der Waals surface area contributed by atoms with E-state index in [4.69, 9.17) is 9.47 Å². The Morgan fingerprint density at radius 1 is 1.12 bits per heavy atom. The quantitative estimate of drug-likeness (QED) is 0.448. The average Bonchev–Trinajstić information content (AvgIpc) is 3.21. The smallest absolute Gasteiger partial charge is 0.471 e. The molecular weight excluding hydrogens is 489 g/mol. The van der Waals surface area contributed by atoms with E-state index in [1.165, 1.54) is 5.56 Å². The van der Waals surface area contributed by atoms with Crippen LogP contribution < -0.4 is 4.74 Å². The average molecular weight is 521 g/mol. The SMILES string of the molecule is COCCOc1ccc(Br)c(CC2CCN(CCC3CCN(C(=O)C(F)(F)F)CC3)C2)c1. The number of ether oxygens (including phenoxy) is 2. The van der Waals surface area contributed by atoms with E-state index in [1.54, 1.807) is 7.11 Å². The van der Waals surface area contributed by atoms with E-state index in [9.17, 15) is 18.0 Å². The van der Waals surface area contributed by atoms with Gasteiger partial charge in [0, 0.05) is 31.2 Å². The molecule has 0 saturated carbocycles. The van der Waals surface area contributed by atoms with Crippen molar-refractivity contribution in [2.45, 2.75) is 38.3 Å². The number of rotatable bonds is 9. The number of hydrogen-bond acceptors (Lipinski definition) is 4. The minimum Gasteiger partial charge on any atom is -0.491 e. The Balaban J connectivity index is 1.39. The maximum absolute atomic E-state index is 12.6. The summed E-state index contributed by atoms with van der Waals surface area (Å²) < 4.78 is 49.6. The van der Waals surface area contributed by atoms with Crippen molar-refractivity contribution in [1.82, 2.24) is 9.80 Å². The molecule has 2 fully saturated rings. The van der Waals surface area contributed by atoms with Crippen molar-refractivity contribution in [2.24, 2.45) is 11.8 Å². The van der Waals surface area contributed by atoms with E-state index in [2.05, 4.69) is 26.9 Å². The molecule has 0 radical (unpaired) electrons. The van der Waals surface area contributed by atoms with Crippen molar-refractivity contribution in [3.63, 3.8) is 0 Å². The third kappa shape index (κ3) is 7.35. The van der Waals surface area contributed by atoms with Gasteiger partial charge in [0.1, 0.15) is 12.4 Å². The number of nitrogens with zero attached hydrogens (tertiary/aromatic N) is 2. The molecular formula is C23H32BrF3N2O3. The van der Waals surface area contributed by atoms with E-state index < -0.39 is 12.1 Å². The highest BCUT2D eigenvalue weighted by molar-refractivity contribution is 9.10.